The fraction of sp³-hybridized carbons (Fsp3) is 0.500. The molecule has 0 amide bonds. The lowest BCUT2D eigenvalue weighted by atomic mass is 9.79. The average molecular weight is 695 g/mol. The number of unbranched alkanes of at least 4 members (excludes halogenated alkanes) is 2. The van der Waals surface area contributed by atoms with Crippen molar-refractivity contribution >= 4 is 0 Å². The third kappa shape index (κ3) is 12.1. The van der Waals surface area contributed by atoms with Crippen molar-refractivity contribution in [3.05, 3.63) is 141 Å². The topological polar surface area (TPSA) is 0 Å². The Labute approximate surface area is 307 Å². The Morgan fingerprint density at radius 2 is 0.784 bits per heavy atom. The van der Waals surface area contributed by atoms with E-state index in [2.05, 4.69) is 68.4 Å². The zero-order valence-electron chi connectivity index (χ0n) is 31.8. The number of rotatable bonds is 12. The highest BCUT2D eigenvalue weighted by molar-refractivity contribution is 5.28. The van der Waals surface area contributed by atoms with Gasteiger partial charge in [0.05, 0.1) is 0 Å². The van der Waals surface area contributed by atoms with Crippen LogP contribution in [0.2, 0.25) is 0 Å². The first-order valence-corrected chi connectivity index (χ1v) is 20.0. The van der Waals surface area contributed by atoms with Crippen molar-refractivity contribution in [2.75, 3.05) is 0 Å². The van der Waals surface area contributed by atoms with Gasteiger partial charge in [0.25, 0.3) is 0 Å². The van der Waals surface area contributed by atoms with E-state index in [9.17, 15) is 13.2 Å². The van der Waals surface area contributed by atoms with Gasteiger partial charge in [0.2, 0.25) is 0 Å². The van der Waals surface area contributed by atoms with Gasteiger partial charge in [-0.05, 0) is 172 Å². The van der Waals surface area contributed by atoms with E-state index < -0.39 is 11.6 Å². The van der Waals surface area contributed by atoms with Crippen LogP contribution in [0.5, 0.6) is 0 Å². The van der Waals surface area contributed by atoms with E-state index in [4.69, 9.17) is 0 Å². The number of hydrogen-bond donors (Lipinski definition) is 0. The molecule has 0 aliphatic heterocycles. The third-order valence-corrected chi connectivity index (χ3v) is 11.9. The highest BCUT2D eigenvalue weighted by atomic mass is 19.1. The number of benzene rings is 4. The van der Waals surface area contributed by atoms with Crippen molar-refractivity contribution < 1.29 is 13.2 Å². The second-order valence-electron chi connectivity index (χ2n) is 16.1. The predicted octanol–water partition coefficient (Wildman–Crippen LogP) is 14.1. The summed E-state index contributed by atoms with van der Waals surface area (Å²) in [4.78, 5) is 0. The van der Waals surface area contributed by atoms with Gasteiger partial charge in [-0.1, -0.05) is 100 Å². The Hall–Kier alpha value is -3.33. The molecule has 0 atom stereocenters. The Balaban J connectivity index is 0.000000198. The summed E-state index contributed by atoms with van der Waals surface area (Å²) in [5.74, 6) is 2.37. The van der Waals surface area contributed by atoms with Crippen LogP contribution in [0.25, 0.3) is 0 Å². The second kappa shape index (κ2) is 19.5. The van der Waals surface area contributed by atoms with E-state index in [0.717, 1.165) is 91.7 Å². The molecule has 0 unspecified atom stereocenters. The predicted molar refractivity (Wildman–Crippen MR) is 209 cm³/mol. The largest absolute Gasteiger partial charge is 0.207 e. The Kier molecular flexibility index (Phi) is 14.9. The molecule has 3 heteroatoms. The quantitative estimate of drug-likeness (QED) is 0.130. The van der Waals surface area contributed by atoms with Gasteiger partial charge in [0, 0.05) is 5.56 Å². The fourth-order valence-corrected chi connectivity index (χ4v) is 8.05. The molecule has 2 aliphatic carbocycles. The minimum Gasteiger partial charge on any atom is -0.207 e. The van der Waals surface area contributed by atoms with Crippen LogP contribution in [-0.2, 0) is 25.7 Å². The van der Waals surface area contributed by atoms with Crippen molar-refractivity contribution in [2.45, 2.75) is 142 Å². The van der Waals surface area contributed by atoms with E-state index in [0.29, 0.717) is 0 Å². The second-order valence-corrected chi connectivity index (χ2v) is 16.1. The van der Waals surface area contributed by atoms with E-state index in [1.807, 2.05) is 13.0 Å². The Morgan fingerprint density at radius 1 is 0.431 bits per heavy atom. The van der Waals surface area contributed by atoms with Gasteiger partial charge < -0.3 is 0 Å². The Bertz CT molecular complexity index is 1600. The van der Waals surface area contributed by atoms with Gasteiger partial charge in [-0.2, -0.15) is 0 Å². The molecule has 51 heavy (non-hydrogen) atoms. The summed E-state index contributed by atoms with van der Waals surface area (Å²) in [6, 6.07) is 27.0. The molecule has 4 aromatic rings. The number of hydrogen-bond acceptors (Lipinski definition) is 0. The van der Waals surface area contributed by atoms with E-state index in [1.54, 1.807) is 6.07 Å². The molecule has 0 radical (unpaired) electrons. The molecule has 4 aromatic carbocycles. The van der Waals surface area contributed by atoms with Crippen LogP contribution in [0, 0.1) is 43.1 Å². The lowest BCUT2D eigenvalue weighted by Gasteiger charge is -2.26. The van der Waals surface area contributed by atoms with Crippen LogP contribution in [0.4, 0.5) is 13.2 Å². The fourth-order valence-electron chi connectivity index (χ4n) is 8.05. The molecular formula is C48H61F3. The van der Waals surface area contributed by atoms with Crippen molar-refractivity contribution in [1.82, 2.24) is 0 Å². The Morgan fingerprint density at radius 3 is 1.20 bits per heavy atom. The molecule has 0 nitrogen and oxygen atoms in total. The molecule has 0 bridgehead atoms. The molecule has 2 fully saturated rings. The van der Waals surface area contributed by atoms with Crippen molar-refractivity contribution in [3.63, 3.8) is 0 Å². The molecule has 0 spiro atoms. The maximum atomic E-state index is 13.6. The van der Waals surface area contributed by atoms with Gasteiger partial charge in [-0.15, -0.1) is 0 Å². The minimum absolute atomic E-state index is 0.0785. The van der Waals surface area contributed by atoms with Crippen molar-refractivity contribution in [1.29, 1.82) is 0 Å². The molecule has 0 saturated heterocycles. The first-order valence-electron chi connectivity index (χ1n) is 20.0. The summed E-state index contributed by atoms with van der Waals surface area (Å²) in [7, 11) is 0. The maximum absolute atomic E-state index is 13.6. The summed E-state index contributed by atoms with van der Waals surface area (Å²) in [5.41, 5.74) is 8.54. The van der Waals surface area contributed by atoms with Crippen LogP contribution in [-0.4, -0.2) is 0 Å². The van der Waals surface area contributed by atoms with Crippen LogP contribution in [0.3, 0.4) is 0 Å². The van der Waals surface area contributed by atoms with Gasteiger partial charge >= 0.3 is 0 Å². The molecular weight excluding hydrogens is 634 g/mol. The standard InChI is InChI=1S/C24H30F2.C24H31F/c1-17-7-11-21(12-8-17)22-13-9-19(10-14-22)5-3-4-6-20-15-23(25)18(2)24(26)16-20;1-18-7-13-22(14-8-18)23-15-11-20(12-16-23)5-3-4-6-21-10-9-19(2)24(25)17-21/h9-10,13-17,21H,3-8,11-12H2,1-2H3;9-12,15-18,22H,3-8,13-14H2,1-2H3. The number of aryl methyl sites for hydroxylation is 5. The zero-order valence-corrected chi connectivity index (χ0v) is 31.8. The number of halogens is 3. The first-order chi connectivity index (χ1) is 24.6. The van der Waals surface area contributed by atoms with E-state index in [-0.39, 0.29) is 11.4 Å². The van der Waals surface area contributed by atoms with Gasteiger partial charge in [-0.3, -0.25) is 0 Å². The van der Waals surface area contributed by atoms with Gasteiger partial charge in [0.15, 0.2) is 0 Å². The monoisotopic (exact) mass is 694 g/mol. The zero-order chi connectivity index (χ0) is 36.2. The summed E-state index contributed by atoms with van der Waals surface area (Å²) in [5, 5.41) is 0. The van der Waals surface area contributed by atoms with Gasteiger partial charge in [0.1, 0.15) is 17.5 Å². The molecule has 0 heterocycles. The third-order valence-electron chi connectivity index (χ3n) is 11.9. The molecule has 0 aromatic heterocycles. The highest BCUT2D eigenvalue weighted by Crippen LogP contribution is 2.36. The lowest BCUT2D eigenvalue weighted by molar-refractivity contribution is 0.348. The lowest BCUT2D eigenvalue weighted by Crippen LogP contribution is -2.10. The molecule has 2 saturated carbocycles. The molecule has 0 N–H and O–H groups in total. The maximum Gasteiger partial charge on any atom is 0.129 e. The average Bonchev–Trinajstić information content (AvgIpc) is 3.14. The van der Waals surface area contributed by atoms with Crippen LogP contribution < -0.4 is 0 Å². The summed E-state index contributed by atoms with van der Waals surface area (Å²) < 4.78 is 40.7. The van der Waals surface area contributed by atoms with Crippen LogP contribution in [0.1, 0.15) is 147 Å². The first kappa shape index (κ1) is 38.9. The molecule has 2 aliphatic rings. The smallest absolute Gasteiger partial charge is 0.129 e. The molecule has 274 valence electrons. The van der Waals surface area contributed by atoms with Crippen molar-refractivity contribution in [2.24, 2.45) is 11.8 Å². The summed E-state index contributed by atoms with van der Waals surface area (Å²) >= 11 is 0. The summed E-state index contributed by atoms with van der Waals surface area (Å²) in [6.07, 6.45) is 18.9. The summed E-state index contributed by atoms with van der Waals surface area (Å²) in [6.45, 7) is 8.03. The minimum atomic E-state index is -0.437. The van der Waals surface area contributed by atoms with Gasteiger partial charge in [-0.25, -0.2) is 13.2 Å². The molecule has 6 rings (SSSR count). The van der Waals surface area contributed by atoms with Crippen LogP contribution in [0.15, 0.2) is 78.9 Å². The van der Waals surface area contributed by atoms with Crippen LogP contribution >= 0.6 is 0 Å². The normalized spacial score (nSPS) is 20.5. The van der Waals surface area contributed by atoms with E-state index >= 15 is 0 Å². The SMILES string of the molecule is Cc1c(F)cc(CCCCc2ccc(C3CCC(C)CC3)cc2)cc1F.Cc1ccc(CCCCc2ccc(C3CCC(C)CC3)cc2)cc1F. The highest BCUT2D eigenvalue weighted by Gasteiger charge is 2.20. The van der Waals surface area contributed by atoms with E-state index in [1.165, 1.54) is 92.7 Å². The van der Waals surface area contributed by atoms with Crippen molar-refractivity contribution in [3.8, 4) is 0 Å².